The van der Waals surface area contributed by atoms with Crippen molar-refractivity contribution in [3.05, 3.63) is 69.3 Å². The smallest absolute Gasteiger partial charge is 0.354 e. The molecule has 9 nitrogen and oxygen atoms in total. The lowest BCUT2D eigenvalue weighted by Crippen LogP contribution is -2.24. The lowest BCUT2D eigenvalue weighted by atomic mass is 10.0. The van der Waals surface area contributed by atoms with E-state index in [4.69, 9.17) is 32.7 Å². The number of fused-ring (bicyclic) bond motifs is 2. The van der Waals surface area contributed by atoms with Crippen molar-refractivity contribution in [2.75, 3.05) is 18.0 Å². The van der Waals surface area contributed by atoms with E-state index < -0.39 is 5.97 Å². The summed E-state index contributed by atoms with van der Waals surface area (Å²) in [5, 5.41) is 24.3. The van der Waals surface area contributed by atoms with Crippen LogP contribution in [-0.2, 0) is 6.61 Å². The first kappa shape index (κ1) is 24.5. The molecule has 7 rings (SSSR count). The van der Waals surface area contributed by atoms with Crippen LogP contribution in [0.3, 0.4) is 0 Å². The van der Waals surface area contributed by atoms with Crippen molar-refractivity contribution in [1.29, 1.82) is 0 Å². The van der Waals surface area contributed by atoms with Crippen LogP contribution < -0.4 is 4.90 Å². The zero-order chi connectivity index (χ0) is 26.8. The highest BCUT2D eigenvalue weighted by Gasteiger charge is 2.54. The van der Waals surface area contributed by atoms with Gasteiger partial charge in [-0.1, -0.05) is 40.5 Å². The Hall–Kier alpha value is -3.53. The summed E-state index contributed by atoms with van der Waals surface area (Å²) in [5.41, 5.74) is 3.56. The van der Waals surface area contributed by atoms with Crippen molar-refractivity contribution < 1.29 is 19.5 Å². The van der Waals surface area contributed by atoms with E-state index in [0.717, 1.165) is 43.1 Å². The van der Waals surface area contributed by atoms with Crippen LogP contribution in [0.5, 0.6) is 0 Å². The number of carboxylic acid groups (broad SMARTS) is 1. The van der Waals surface area contributed by atoms with Crippen molar-refractivity contribution in [2.24, 2.45) is 17.8 Å². The van der Waals surface area contributed by atoms with Gasteiger partial charge >= 0.3 is 5.97 Å². The fourth-order valence-corrected chi connectivity index (χ4v) is 6.29. The third-order valence-corrected chi connectivity index (χ3v) is 8.54. The van der Waals surface area contributed by atoms with Gasteiger partial charge in [-0.3, -0.25) is 4.98 Å². The van der Waals surface area contributed by atoms with E-state index in [-0.39, 0.29) is 12.3 Å². The highest BCUT2D eigenvalue weighted by Crippen LogP contribution is 2.54. The molecule has 2 saturated carbocycles. The number of rotatable bonds is 7. The number of nitrogens with zero attached hydrogens (tertiary/aromatic N) is 5. The third kappa shape index (κ3) is 4.25. The Morgan fingerprint density at radius 2 is 1.87 bits per heavy atom. The van der Waals surface area contributed by atoms with Gasteiger partial charge in [-0.05, 0) is 48.8 Å². The van der Waals surface area contributed by atoms with E-state index in [1.165, 1.54) is 6.07 Å². The average molecular weight is 564 g/mol. The number of pyridine rings is 3. The van der Waals surface area contributed by atoms with Gasteiger partial charge in [0.05, 0.1) is 27.7 Å². The summed E-state index contributed by atoms with van der Waals surface area (Å²) in [6.45, 7) is 1.42. The van der Waals surface area contributed by atoms with Gasteiger partial charge in [0.15, 0.2) is 0 Å². The van der Waals surface area contributed by atoms with Crippen molar-refractivity contribution in [2.45, 2.75) is 25.4 Å². The zero-order valence-electron chi connectivity index (χ0n) is 20.6. The number of aliphatic hydroxyl groups is 1. The van der Waals surface area contributed by atoms with Gasteiger partial charge in [-0.2, -0.15) is 0 Å². The molecule has 0 spiro atoms. The summed E-state index contributed by atoms with van der Waals surface area (Å²) < 4.78 is 5.77. The number of anilines is 1. The molecule has 3 aliphatic rings. The molecule has 4 aromatic rings. The first-order chi connectivity index (χ1) is 18.9. The maximum absolute atomic E-state index is 11.4. The highest BCUT2D eigenvalue weighted by molar-refractivity contribution is 6.39. The molecule has 198 valence electrons. The Kier molecular flexibility index (Phi) is 5.84. The topological polar surface area (TPSA) is 125 Å². The van der Waals surface area contributed by atoms with E-state index in [0.29, 0.717) is 61.6 Å². The number of carbonyl (C=O) groups is 1. The standard InChI is InChI=1S/C28H23Cl2N5O4/c29-19-8-31-9-20(30)24(19)26-16(27(39-34-26)13-1-2-13)4-3-15-17-10-35(11-18(15)17)23-6-5-21-25(33-23)14(12-36)7-22(32-21)28(37)38/h3-9,13,15,17-18,36H,1-2,10-12H2,(H,37,38)/b4-3+. The van der Waals surface area contributed by atoms with Crippen LogP contribution in [0, 0.1) is 17.8 Å². The molecule has 0 aromatic carbocycles. The predicted molar refractivity (Wildman–Crippen MR) is 146 cm³/mol. The Balaban J connectivity index is 1.11. The normalized spacial score (nSPS) is 22.1. The molecule has 4 aromatic heterocycles. The molecule has 39 heavy (non-hydrogen) atoms. The molecular formula is C28H23Cl2N5O4. The van der Waals surface area contributed by atoms with Crippen LogP contribution in [0.2, 0.25) is 10.0 Å². The highest BCUT2D eigenvalue weighted by atomic mass is 35.5. The second-order valence-electron chi connectivity index (χ2n) is 10.4. The number of halogens is 2. The van der Waals surface area contributed by atoms with Crippen molar-refractivity contribution >= 4 is 52.1 Å². The molecule has 5 heterocycles. The molecule has 2 atom stereocenters. The minimum absolute atomic E-state index is 0.104. The SMILES string of the molecule is O=C(O)c1cc(CO)c2nc(N3CC4C(/C=C/c5c(-c6c(Cl)cncc6Cl)noc5C5CC5)C4C3)ccc2n1. The summed E-state index contributed by atoms with van der Waals surface area (Å²) in [6, 6.07) is 5.02. The molecule has 2 aliphatic carbocycles. The first-order valence-electron chi connectivity index (χ1n) is 12.8. The fourth-order valence-electron chi connectivity index (χ4n) is 5.75. The molecule has 0 amide bonds. The third-order valence-electron chi connectivity index (χ3n) is 7.97. The Labute approximate surface area is 233 Å². The van der Waals surface area contributed by atoms with Crippen LogP contribution in [0.15, 0.2) is 41.2 Å². The minimum Gasteiger partial charge on any atom is -0.477 e. The van der Waals surface area contributed by atoms with Crippen LogP contribution in [0.25, 0.3) is 28.4 Å². The van der Waals surface area contributed by atoms with Gasteiger partial charge in [0.25, 0.3) is 0 Å². The Bertz CT molecular complexity index is 1640. The fraction of sp³-hybridized carbons (Fsp3) is 0.321. The predicted octanol–water partition coefficient (Wildman–Crippen LogP) is 5.45. The largest absolute Gasteiger partial charge is 0.477 e. The first-order valence-corrected chi connectivity index (χ1v) is 13.6. The van der Waals surface area contributed by atoms with Gasteiger partial charge in [-0.15, -0.1) is 0 Å². The van der Waals surface area contributed by atoms with Gasteiger partial charge in [0, 0.05) is 48.1 Å². The van der Waals surface area contributed by atoms with Crippen molar-refractivity contribution in [3.8, 4) is 11.3 Å². The van der Waals surface area contributed by atoms with Gasteiger partial charge in [0.1, 0.15) is 23.0 Å². The Morgan fingerprint density at radius 3 is 2.54 bits per heavy atom. The number of hydrogen-bond donors (Lipinski definition) is 2. The van der Waals surface area contributed by atoms with E-state index in [9.17, 15) is 15.0 Å². The van der Waals surface area contributed by atoms with Crippen LogP contribution in [0.1, 0.15) is 46.1 Å². The maximum Gasteiger partial charge on any atom is 0.354 e. The molecule has 11 heteroatoms. The summed E-state index contributed by atoms with van der Waals surface area (Å²) in [4.78, 5) is 26.6. The van der Waals surface area contributed by atoms with Crippen molar-refractivity contribution in [1.82, 2.24) is 20.1 Å². The quantitative estimate of drug-likeness (QED) is 0.301. The molecule has 0 bridgehead atoms. The van der Waals surface area contributed by atoms with Crippen LogP contribution in [0.4, 0.5) is 5.82 Å². The molecule has 2 unspecified atom stereocenters. The van der Waals surface area contributed by atoms with Gasteiger partial charge in [0.2, 0.25) is 0 Å². The number of carboxylic acids is 1. The summed E-state index contributed by atoms with van der Waals surface area (Å²) >= 11 is 12.9. The van der Waals surface area contributed by atoms with E-state index in [1.807, 2.05) is 6.07 Å². The van der Waals surface area contributed by atoms with Gasteiger partial charge in [-0.25, -0.2) is 14.8 Å². The monoisotopic (exact) mass is 563 g/mol. The van der Waals surface area contributed by atoms with Crippen molar-refractivity contribution in [3.63, 3.8) is 0 Å². The number of aromatic carboxylic acids is 1. The lowest BCUT2D eigenvalue weighted by Gasteiger charge is -2.21. The van der Waals surface area contributed by atoms with Gasteiger partial charge < -0.3 is 19.6 Å². The molecule has 1 aliphatic heterocycles. The zero-order valence-corrected chi connectivity index (χ0v) is 22.1. The summed E-state index contributed by atoms with van der Waals surface area (Å²) in [7, 11) is 0. The minimum atomic E-state index is -1.14. The second-order valence-corrected chi connectivity index (χ2v) is 11.2. The molecule has 1 saturated heterocycles. The molecule has 2 N–H and O–H groups in total. The summed E-state index contributed by atoms with van der Waals surface area (Å²) in [5.74, 6) is 2.38. The van der Waals surface area contributed by atoms with Crippen LogP contribution >= 0.6 is 23.2 Å². The number of aliphatic hydroxyl groups excluding tert-OH is 1. The Morgan fingerprint density at radius 1 is 1.13 bits per heavy atom. The van der Waals surface area contributed by atoms with E-state index >= 15 is 0 Å². The molecular weight excluding hydrogens is 541 g/mol. The van der Waals surface area contributed by atoms with Crippen LogP contribution in [-0.4, -0.2) is 49.4 Å². The number of aromatic nitrogens is 4. The summed E-state index contributed by atoms with van der Waals surface area (Å²) in [6.07, 6.45) is 9.67. The maximum atomic E-state index is 11.4. The lowest BCUT2D eigenvalue weighted by molar-refractivity contribution is 0.0690. The number of hydrogen-bond acceptors (Lipinski definition) is 8. The molecule has 3 fully saturated rings. The average Bonchev–Trinajstić information content (AvgIpc) is 3.79. The number of piperidine rings is 1. The second kappa shape index (κ2) is 9.29. The molecule has 0 radical (unpaired) electrons. The number of allylic oxidation sites excluding steroid dienone is 1. The van der Waals surface area contributed by atoms with E-state index in [1.54, 1.807) is 18.5 Å². The van der Waals surface area contributed by atoms with E-state index in [2.05, 4.69) is 32.2 Å².